The molecule has 0 N–H and O–H groups in total. The molecule has 0 amide bonds. The fourth-order valence-corrected chi connectivity index (χ4v) is 3.03. The first-order valence-electron chi connectivity index (χ1n) is 9.33. The van der Waals surface area contributed by atoms with E-state index in [2.05, 4.69) is 10.1 Å². The zero-order chi connectivity index (χ0) is 20.1. The first kappa shape index (κ1) is 18.7. The molecule has 1 aromatic heterocycles. The number of hydrogen-bond acceptors (Lipinski definition) is 6. The molecule has 146 valence electrons. The van der Waals surface area contributed by atoms with Crippen LogP contribution in [0.4, 0.5) is 0 Å². The highest BCUT2D eigenvalue weighted by Gasteiger charge is 2.12. The van der Waals surface area contributed by atoms with Gasteiger partial charge in [0, 0.05) is 12.8 Å². The van der Waals surface area contributed by atoms with E-state index in [1.54, 1.807) is 13.2 Å². The number of ether oxygens (including phenoxy) is 2. The van der Waals surface area contributed by atoms with Crippen LogP contribution >= 0.6 is 0 Å². The fourth-order valence-electron chi connectivity index (χ4n) is 3.03. The van der Waals surface area contributed by atoms with Crippen LogP contribution in [0.3, 0.4) is 0 Å². The van der Waals surface area contributed by atoms with Crippen molar-refractivity contribution in [1.82, 2.24) is 10.1 Å². The van der Waals surface area contributed by atoms with Gasteiger partial charge in [-0.3, -0.25) is 4.79 Å². The SMILES string of the molecule is COc1ccc2ccc(OC(=O)CCc3nc(Cc4ccccc4)no3)cc2c1. The van der Waals surface area contributed by atoms with Crippen LogP contribution in [0.5, 0.6) is 11.5 Å². The van der Waals surface area contributed by atoms with Crippen molar-refractivity contribution in [3.8, 4) is 11.5 Å². The minimum atomic E-state index is -0.352. The monoisotopic (exact) mass is 388 g/mol. The average Bonchev–Trinajstić information content (AvgIpc) is 3.19. The van der Waals surface area contributed by atoms with Gasteiger partial charge in [-0.1, -0.05) is 47.6 Å². The Hall–Kier alpha value is -3.67. The molecule has 1 heterocycles. The lowest BCUT2D eigenvalue weighted by molar-refractivity contribution is -0.134. The summed E-state index contributed by atoms with van der Waals surface area (Å²) in [6.45, 7) is 0. The Kier molecular flexibility index (Phi) is 5.52. The lowest BCUT2D eigenvalue weighted by Gasteiger charge is -2.06. The zero-order valence-corrected chi connectivity index (χ0v) is 16.0. The third kappa shape index (κ3) is 4.79. The number of aromatic nitrogens is 2. The lowest BCUT2D eigenvalue weighted by atomic mass is 10.1. The molecule has 0 fully saturated rings. The highest BCUT2D eigenvalue weighted by molar-refractivity contribution is 5.86. The van der Waals surface area contributed by atoms with Crippen molar-refractivity contribution in [2.24, 2.45) is 0 Å². The van der Waals surface area contributed by atoms with Crippen LogP contribution in [-0.4, -0.2) is 23.2 Å². The Bertz CT molecular complexity index is 1120. The van der Waals surface area contributed by atoms with Crippen LogP contribution in [0.2, 0.25) is 0 Å². The summed E-state index contributed by atoms with van der Waals surface area (Å²) in [6, 6.07) is 21.2. The maximum absolute atomic E-state index is 12.2. The van der Waals surface area contributed by atoms with E-state index in [9.17, 15) is 4.79 Å². The molecule has 3 aromatic carbocycles. The molecule has 0 saturated heterocycles. The van der Waals surface area contributed by atoms with Crippen LogP contribution < -0.4 is 9.47 Å². The Morgan fingerprint density at radius 2 is 1.72 bits per heavy atom. The summed E-state index contributed by atoms with van der Waals surface area (Å²) in [6.07, 6.45) is 1.08. The minimum Gasteiger partial charge on any atom is -0.497 e. The molecule has 6 nitrogen and oxygen atoms in total. The number of carbonyl (C=O) groups is 1. The molecule has 0 atom stereocenters. The number of nitrogens with zero attached hydrogens (tertiary/aromatic N) is 2. The zero-order valence-electron chi connectivity index (χ0n) is 16.0. The number of methoxy groups -OCH3 is 1. The molecule has 6 heteroatoms. The van der Waals surface area contributed by atoms with Crippen LogP contribution in [0.1, 0.15) is 23.7 Å². The summed E-state index contributed by atoms with van der Waals surface area (Å²) in [5.41, 5.74) is 1.10. The van der Waals surface area contributed by atoms with Crippen LogP contribution in [0.15, 0.2) is 71.3 Å². The Labute approximate surface area is 168 Å². The normalized spacial score (nSPS) is 10.8. The summed E-state index contributed by atoms with van der Waals surface area (Å²) in [5, 5.41) is 5.96. The maximum Gasteiger partial charge on any atom is 0.311 e. The summed E-state index contributed by atoms with van der Waals surface area (Å²) in [5.74, 6) is 1.92. The van der Waals surface area contributed by atoms with Gasteiger partial charge in [-0.15, -0.1) is 0 Å². The van der Waals surface area contributed by atoms with Crippen LogP contribution in [0, 0.1) is 0 Å². The molecule has 4 aromatic rings. The van der Waals surface area contributed by atoms with Gasteiger partial charge in [-0.2, -0.15) is 4.98 Å². The van der Waals surface area contributed by atoms with Crippen molar-refractivity contribution in [3.05, 3.63) is 84.0 Å². The molecule has 0 unspecified atom stereocenters. The minimum absolute atomic E-state index is 0.156. The Balaban J connectivity index is 1.34. The van der Waals surface area contributed by atoms with Crippen molar-refractivity contribution >= 4 is 16.7 Å². The number of fused-ring (bicyclic) bond motifs is 1. The quantitative estimate of drug-likeness (QED) is 0.346. The highest BCUT2D eigenvalue weighted by atomic mass is 16.5. The number of rotatable bonds is 7. The molecule has 0 spiro atoms. The number of esters is 1. The van der Waals surface area contributed by atoms with Gasteiger partial charge < -0.3 is 14.0 Å². The predicted molar refractivity (Wildman–Crippen MR) is 108 cm³/mol. The van der Waals surface area contributed by atoms with E-state index in [4.69, 9.17) is 14.0 Å². The van der Waals surface area contributed by atoms with Gasteiger partial charge in [0.05, 0.1) is 13.5 Å². The van der Waals surface area contributed by atoms with Gasteiger partial charge >= 0.3 is 5.97 Å². The van der Waals surface area contributed by atoms with E-state index in [0.29, 0.717) is 30.3 Å². The summed E-state index contributed by atoms with van der Waals surface area (Å²) < 4.78 is 15.9. The molecular formula is C23H20N2O4. The largest absolute Gasteiger partial charge is 0.497 e. The van der Waals surface area contributed by atoms with E-state index >= 15 is 0 Å². The molecule has 4 rings (SSSR count). The molecule has 0 bridgehead atoms. The molecule has 0 saturated carbocycles. The first-order valence-corrected chi connectivity index (χ1v) is 9.33. The van der Waals surface area contributed by atoms with Crippen LogP contribution in [0.25, 0.3) is 10.8 Å². The van der Waals surface area contributed by atoms with Gasteiger partial charge in [0.1, 0.15) is 11.5 Å². The van der Waals surface area contributed by atoms with Crippen LogP contribution in [-0.2, 0) is 17.6 Å². The van der Waals surface area contributed by atoms with E-state index in [-0.39, 0.29) is 12.4 Å². The van der Waals surface area contributed by atoms with Crippen molar-refractivity contribution in [1.29, 1.82) is 0 Å². The van der Waals surface area contributed by atoms with Crippen molar-refractivity contribution in [2.45, 2.75) is 19.3 Å². The molecule has 0 radical (unpaired) electrons. The van der Waals surface area contributed by atoms with Crippen molar-refractivity contribution in [2.75, 3.05) is 7.11 Å². The first-order chi connectivity index (χ1) is 14.2. The van der Waals surface area contributed by atoms with E-state index in [1.807, 2.05) is 60.7 Å². The molecule has 0 aliphatic rings. The Morgan fingerprint density at radius 3 is 2.52 bits per heavy atom. The smallest absolute Gasteiger partial charge is 0.311 e. The third-order valence-corrected chi connectivity index (χ3v) is 4.51. The molecule has 0 aliphatic carbocycles. The summed E-state index contributed by atoms with van der Waals surface area (Å²) in [7, 11) is 1.62. The Morgan fingerprint density at radius 1 is 0.966 bits per heavy atom. The van der Waals surface area contributed by atoms with Gasteiger partial charge in [0.2, 0.25) is 5.89 Å². The predicted octanol–water partition coefficient (Wildman–Crippen LogP) is 4.36. The lowest BCUT2D eigenvalue weighted by Crippen LogP contribution is -2.09. The second-order valence-corrected chi connectivity index (χ2v) is 6.62. The van der Waals surface area contributed by atoms with E-state index in [1.165, 1.54) is 0 Å². The number of carbonyl (C=O) groups excluding carboxylic acids is 1. The van der Waals surface area contributed by atoms with E-state index in [0.717, 1.165) is 22.1 Å². The topological polar surface area (TPSA) is 74.5 Å². The van der Waals surface area contributed by atoms with Crippen molar-refractivity contribution < 1.29 is 18.8 Å². The summed E-state index contributed by atoms with van der Waals surface area (Å²) in [4.78, 5) is 16.6. The van der Waals surface area contributed by atoms with Gasteiger partial charge in [-0.05, 0) is 40.6 Å². The highest BCUT2D eigenvalue weighted by Crippen LogP contribution is 2.25. The number of aryl methyl sites for hydroxylation is 1. The fraction of sp³-hybridized carbons (Fsp3) is 0.174. The van der Waals surface area contributed by atoms with Gasteiger partial charge in [0.25, 0.3) is 0 Å². The molecule has 29 heavy (non-hydrogen) atoms. The van der Waals surface area contributed by atoms with Gasteiger partial charge in [0.15, 0.2) is 5.82 Å². The molecule has 0 aliphatic heterocycles. The number of benzene rings is 3. The van der Waals surface area contributed by atoms with Gasteiger partial charge in [-0.25, -0.2) is 0 Å². The van der Waals surface area contributed by atoms with E-state index < -0.39 is 0 Å². The van der Waals surface area contributed by atoms with Crippen molar-refractivity contribution in [3.63, 3.8) is 0 Å². The number of hydrogen-bond donors (Lipinski definition) is 0. The standard InChI is InChI=1S/C23H20N2O4/c1-27-19-9-7-17-8-10-20(15-18(17)14-19)28-23(26)12-11-22-24-21(25-29-22)13-16-5-3-2-4-6-16/h2-10,14-15H,11-13H2,1H3. The second kappa shape index (κ2) is 8.56. The summed E-state index contributed by atoms with van der Waals surface area (Å²) >= 11 is 0. The molecular weight excluding hydrogens is 368 g/mol. The second-order valence-electron chi connectivity index (χ2n) is 6.62. The average molecular weight is 388 g/mol. The third-order valence-electron chi connectivity index (χ3n) is 4.51. The maximum atomic E-state index is 12.2.